The normalized spacial score (nSPS) is 25.7. The van der Waals surface area contributed by atoms with Crippen LogP contribution in [0.3, 0.4) is 0 Å². The summed E-state index contributed by atoms with van der Waals surface area (Å²) in [6.07, 6.45) is -3.03. The Morgan fingerprint density at radius 2 is 1.47 bits per heavy atom. The molecule has 2 aromatic carbocycles. The first-order valence-corrected chi connectivity index (χ1v) is 9.64. The molecule has 7 nitrogen and oxygen atoms in total. The van der Waals surface area contributed by atoms with E-state index in [-0.39, 0.29) is 6.61 Å². The summed E-state index contributed by atoms with van der Waals surface area (Å²) in [5.41, 5.74) is 1.13. The fourth-order valence-electron chi connectivity index (χ4n) is 3.30. The Morgan fingerprint density at radius 3 is 1.97 bits per heavy atom. The topological polar surface area (TPSA) is 91.3 Å². The van der Waals surface area contributed by atoms with E-state index < -0.39 is 36.0 Å². The van der Waals surface area contributed by atoms with Gasteiger partial charge in [0.2, 0.25) is 0 Å². The van der Waals surface area contributed by atoms with E-state index in [1.54, 1.807) is 48.5 Å². The highest BCUT2D eigenvalue weighted by atomic mass is 16.7. The van der Waals surface area contributed by atoms with Crippen molar-refractivity contribution in [2.75, 3.05) is 13.7 Å². The van der Waals surface area contributed by atoms with Crippen molar-refractivity contribution in [3.05, 3.63) is 70.8 Å². The van der Waals surface area contributed by atoms with Gasteiger partial charge in [0.05, 0.1) is 11.1 Å². The third kappa shape index (κ3) is 4.70. The van der Waals surface area contributed by atoms with E-state index in [1.807, 2.05) is 13.8 Å². The molecule has 2 aromatic rings. The Bertz CT molecular complexity index is 887. The van der Waals surface area contributed by atoms with Crippen LogP contribution < -0.4 is 0 Å². The maximum atomic E-state index is 12.6. The summed E-state index contributed by atoms with van der Waals surface area (Å²) in [5.74, 6) is -1.15. The number of hydrogen-bond donors (Lipinski definition) is 1. The summed E-state index contributed by atoms with van der Waals surface area (Å²) in [6.45, 7) is 5.07. The van der Waals surface area contributed by atoms with Crippen LogP contribution in [-0.4, -0.2) is 54.9 Å². The third-order valence-corrected chi connectivity index (χ3v) is 5.09. The molecule has 0 spiro atoms. The van der Waals surface area contributed by atoms with Crippen molar-refractivity contribution in [3.63, 3.8) is 0 Å². The van der Waals surface area contributed by atoms with Crippen molar-refractivity contribution in [1.29, 1.82) is 0 Å². The fraction of sp³-hybridized carbons (Fsp3) is 0.391. The molecule has 1 fully saturated rings. The molecule has 0 aromatic heterocycles. The van der Waals surface area contributed by atoms with Crippen molar-refractivity contribution < 1.29 is 33.6 Å². The minimum atomic E-state index is -1.63. The van der Waals surface area contributed by atoms with Gasteiger partial charge < -0.3 is 24.1 Å². The minimum absolute atomic E-state index is 0.214. The van der Waals surface area contributed by atoms with E-state index in [9.17, 15) is 14.7 Å². The molecular formula is C23H26O7. The lowest BCUT2D eigenvalue weighted by molar-refractivity contribution is -0.187. The quantitative estimate of drug-likeness (QED) is 0.727. The number of hydrogen-bond acceptors (Lipinski definition) is 7. The minimum Gasteiger partial charge on any atom is -0.459 e. The lowest BCUT2D eigenvalue weighted by atomic mass is 9.97. The molecule has 1 unspecified atom stereocenters. The van der Waals surface area contributed by atoms with Gasteiger partial charge in [-0.1, -0.05) is 35.4 Å². The average molecular weight is 414 g/mol. The maximum Gasteiger partial charge on any atom is 0.338 e. The van der Waals surface area contributed by atoms with Crippen LogP contribution in [0.1, 0.15) is 38.8 Å². The number of carbonyl (C=O) groups excluding carboxylic acids is 2. The van der Waals surface area contributed by atoms with Crippen molar-refractivity contribution in [3.8, 4) is 0 Å². The second kappa shape index (κ2) is 8.95. The summed E-state index contributed by atoms with van der Waals surface area (Å²) < 4.78 is 21.8. The number of aryl methyl sites for hydroxylation is 2. The van der Waals surface area contributed by atoms with Gasteiger partial charge in [0.15, 0.2) is 18.0 Å². The lowest BCUT2D eigenvalue weighted by Crippen LogP contribution is -2.49. The van der Waals surface area contributed by atoms with E-state index in [1.165, 1.54) is 14.0 Å². The molecule has 7 heteroatoms. The molecule has 0 saturated carbocycles. The van der Waals surface area contributed by atoms with Gasteiger partial charge in [-0.25, -0.2) is 9.59 Å². The molecule has 0 aliphatic carbocycles. The van der Waals surface area contributed by atoms with E-state index in [4.69, 9.17) is 18.9 Å². The first-order valence-electron chi connectivity index (χ1n) is 9.64. The number of esters is 2. The highest BCUT2D eigenvalue weighted by Crippen LogP contribution is 2.34. The fourth-order valence-corrected chi connectivity index (χ4v) is 3.30. The van der Waals surface area contributed by atoms with Gasteiger partial charge in [-0.3, -0.25) is 0 Å². The SMILES string of the molecule is COC1O[C@H](COC(=O)c2ccc(C)cc2)[C@@H](OC(=O)c2ccc(C)cc2)[C@@]1(C)O. The predicted molar refractivity (Wildman–Crippen MR) is 108 cm³/mol. The number of ether oxygens (including phenoxy) is 4. The molecule has 160 valence electrons. The molecule has 1 heterocycles. The van der Waals surface area contributed by atoms with E-state index in [0.29, 0.717) is 11.1 Å². The van der Waals surface area contributed by atoms with Gasteiger partial charge in [-0.05, 0) is 45.0 Å². The van der Waals surface area contributed by atoms with Crippen LogP contribution in [0.15, 0.2) is 48.5 Å². The Hall–Kier alpha value is -2.74. The van der Waals surface area contributed by atoms with Gasteiger partial charge in [0, 0.05) is 7.11 Å². The van der Waals surface area contributed by atoms with Gasteiger partial charge in [0.25, 0.3) is 0 Å². The van der Waals surface area contributed by atoms with Gasteiger partial charge in [-0.2, -0.15) is 0 Å². The van der Waals surface area contributed by atoms with Gasteiger partial charge >= 0.3 is 11.9 Å². The highest BCUT2D eigenvalue weighted by Gasteiger charge is 2.56. The lowest BCUT2D eigenvalue weighted by Gasteiger charge is -2.28. The molecular weight excluding hydrogens is 388 g/mol. The molecule has 4 atom stereocenters. The van der Waals surface area contributed by atoms with Crippen LogP contribution in [0.5, 0.6) is 0 Å². The molecule has 0 bridgehead atoms. The molecule has 0 radical (unpaired) electrons. The van der Waals surface area contributed by atoms with Gasteiger partial charge in [0.1, 0.15) is 12.7 Å². The molecule has 1 aliphatic heterocycles. The highest BCUT2D eigenvalue weighted by molar-refractivity contribution is 5.90. The van der Waals surface area contributed by atoms with Crippen LogP contribution in [0, 0.1) is 13.8 Å². The maximum absolute atomic E-state index is 12.6. The van der Waals surface area contributed by atoms with Crippen LogP contribution >= 0.6 is 0 Å². The summed E-state index contributed by atoms with van der Waals surface area (Å²) in [7, 11) is 1.37. The van der Waals surface area contributed by atoms with Crippen LogP contribution in [0.2, 0.25) is 0 Å². The predicted octanol–water partition coefficient (Wildman–Crippen LogP) is 2.81. The third-order valence-electron chi connectivity index (χ3n) is 5.09. The monoisotopic (exact) mass is 414 g/mol. The van der Waals surface area contributed by atoms with E-state index in [0.717, 1.165) is 11.1 Å². The zero-order valence-electron chi connectivity index (χ0n) is 17.5. The first-order chi connectivity index (χ1) is 14.2. The second-order valence-corrected chi connectivity index (χ2v) is 7.62. The zero-order chi connectivity index (χ0) is 21.9. The largest absolute Gasteiger partial charge is 0.459 e. The summed E-state index contributed by atoms with van der Waals surface area (Å²) >= 11 is 0. The first kappa shape index (κ1) is 22.0. The number of methoxy groups -OCH3 is 1. The van der Waals surface area contributed by atoms with E-state index >= 15 is 0 Å². The Balaban J connectivity index is 1.72. The molecule has 1 saturated heterocycles. The Kier molecular flexibility index (Phi) is 6.55. The van der Waals surface area contributed by atoms with Crippen molar-refractivity contribution in [1.82, 2.24) is 0 Å². The molecule has 0 amide bonds. The van der Waals surface area contributed by atoms with Crippen molar-refractivity contribution >= 4 is 11.9 Å². The van der Waals surface area contributed by atoms with Crippen molar-refractivity contribution in [2.45, 2.75) is 44.9 Å². The summed E-state index contributed by atoms with van der Waals surface area (Å²) in [4.78, 5) is 24.9. The smallest absolute Gasteiger partial charge is 0.338 e. The van der Waals surface area contributed by atoms with E-state index in [2.05, 4.69) is 0 Å². The zero-order valence-corrected chi connectivity index (χ0v) is 17.5. The number of benzene rings is 2. The van der Waals surface area contributed by atoms with Crippen LogP contribution in [0.4, 0.5) is 0 Å². The Labute approximate surface area is 175 Å². The molecule has 1 aliphatic rings. The second-order valence-electron chi connectivity index (χ2n) is 7.62. The Morgan fingerprint density at radius 1 is 0.967 bits per heavy atom. The average Bonchev–Trinajstić information content (AvgIpc) is 2.96. The van der Waals surface area contributed by atoms with Gasteiger partial charge in [-0.15, -0.1) is 0 Å². The van der Waals surface area contributed by atoms with Crippen LogP contribution in [0.25, 0.3) is 0 Å². The number of carbonyl (C=O) groups is 2. The number of rotatable bonds is 6. The summed E-state index contributed by atoms with van der Waals surface area (Å²) in [6, 6.07) is 13.8. The van der Waals surface area contributed by atoms with Crippen LogP contribution in [-0.2, 0) is 18.9 Å². The van der Waals surface area contributed by atoms with Crippen molar-refractivity contribution in [2.24, 2.45) is 0 Å². The standard InChI is InChI=1S/C23H26O7/c1-14-5-9-16(10-6-14)20(24)28-13-18-19(23(3,26)22(27-4)29-18)30-21(25)17-11-7-15(2)8-12-17/h5-12,18-19,22,26H,13H2,1-4H3/t18-,19-,22?,23-/m1/s1. The molecule has 1 N–H and O–H groups in total. The molecule has 30 heavy (non-hydrogen) atoms. The summed E-state index contributed by atoms with van der Waals surface area (Å²) in [5, 5.41) is 10.9. The number of aliphatic hydroxyl groups is 1. The molecule has 3 rings (SSSR count).